The fraction of sp³-hybridized carbons (Fsp3) is 0.929. The maximum absolute atomic E-state index is 12.9. The van der Waals surface area contributed by atoms with Crippen molar-refractivity contribution in [1.82, 2.24) is 4.72 Å². The molecule has 2 saturated carbocycles. The van der Waals surface area contributed by atoms with Gasteiger partial charge in [0.2, 0.25) is 16.4 Å². The molecule has 0 amide bonds. The molecule has 12 heteroatoms. The summed E-state index contributed by atoms with van der Waals surface area (Å²) in [5, 5.41) is -0.0881. The third kappa shape index (κ3) is 70.3. The van der Waals surface area contributed by atoms with Crippen molar-refractivity contribution in [3.8, 4) is 0 Å². The summed E-state index contributed by atoms with van der Waals surface area (Å²) >= 11 is 0. The van der Waals surface area contributed by atoms with Crippen molar-refractivity contribution in [3.05, 3.63) is 27.0 Å². The van der Waals surface area contributed by atoms with Crippen molar-refractivity contribution < 1.29 is 56.5 Å². The zero-order valence-electron chi connectivity index (χ0n) is 47.4. The summed E-state index contributed by atoms with van der Waals surface area (Å²) in [5.74, 6) is -1.52. The summed E-state index contributed by atoms with van der Waals surface area (Å²) in [6.07, 6.45) is 8.33. The van der Waals surface area contributed by atoms with Gasteiger partial charge in [-0.1, -0.05) is 173 Å². The molecule has 2 rings (SSSR count). The average Bonchev–Trinajstić information content (AvgIpc) is 3.88. The topological polar surface area (TPSA) is 64.6 Å². The summed E-state index contributed by atoms with van der Waals surface area (Å²) in [6, 6.07) is 0.0330. The summed E-state index contributed by atoms with van der Waals surface area (Å²) < 4.78 is 84.7. The number of alkyl halides is 4. The first-order valence-corrected chi connectivity index (χ1v) is 24.7. The average molecular weight is 1180 g/mol. The van der Waals surface area contributed by atoms with Gasteiger partial charge in [0.05, 0.1) is 28.7 Å². The van der Waals surface area contributed by atoms with Crippen LogP contribution >= 0.6 is 0 Å². The fourth-order valence-electron chi connectivity index (χ4n) is 3.11. The molecule has 0 bridgehead atoms. The maximum atomic E-state index is 12.9. The molecule has 0 aromatic carbocycles. The Kier molecular flexibility index (Phi) is 71.3. The van der Waals surface area contributed by atoms with E-state index in [0.29, 0.717) is 29.0 Å². The van der Waals surface area contributed by atoms with Crippen LogP contribution in [0.25, 0.3) is 0 Å². The van der Waals surface area contributed by atoms with Gasteiger partial charge < -0.3 is 24.3 Å². The zero-order chi connectivity index (χ0) is 49.3. The van der Waals surface area contributed by atoms with Gasteiger partial charge in [-0.2, -0.15) is 0 Å². The molecule has 0 heterocycles. The molecular weight excluding hydrogens is 1050 g/mol. The second kappa shape index (κ2) is 48.0. The number of sulfonamides is 1. The molecule has 2 aliphatic rings. The van der Waals surface area contributed by atoms with Gasteiger partial charge in [0, 0.05) is 26.3 Å². The summed E-state index contributed by atoms with van der Waals surface area (Å²) in [4.78, 5) is 0. The van der Waals surface area contributed by atoms with E-state index in [4.69, 9.17) is 9.47 Å². The number of ether oxygens (including phenoxy) is 2. The van der Waals surface area contributed by atoms with Crippen LogP contribution < -0.4 is 4.72 Å². The second-order valence-corrected chi connectivity index (χ2v) is 24.7. The SMILES string of the molecule is C.C.C.C.CC(C)(C)C(C)(C)C.CC(C)(C)O[C@@H]1CC[C@H]1OC(C)(C)C.CC(C)C(F)F.CC(C)C/C=C/C(F)(F)C(C)C.CC(C)NS(=O)(=O)C1CC1.CCC(C)C.CCC(C)C.[B].[CH3-].[CH3-].[W+2]. The van der Waals surface area contributed by atoms with E-state index in [1.165, 1.54) is 40.5 Å². The monoisotopic (exact) mass is 1180 g/mol. The number of rotatable bonds is 12. The molecule has 0 aromatic rings. The van der Waals surface area contributed by atoms with E-state index in [-0.39, 0.29) is 96.5 Å². The normalized spacial score (nSPS) is 15.3. The summed E-state index contributed by atoms with van der Waals surface area (Å²) in [7, 11) is -2.94. The van der Waals surface area contributed by atoms with E-state index < -0.39 is 34.2 Å². The van der Waals surface area contributed by atoms with Crippen LogP contribution in [0.15, 0.2) is 12.2 Å². The smallest absolute Gasteiger partial charge is 0.370 e. The molecule has 0 aromatic heterocycles. The van der Waals surface area contributed by atoms with Crippen molar-refractivity contribution in [2.24, 2.45) is 40.4 Å². The van der Waals surface area contributed by atoms with Gasteiger partial charge in [-0.15, -0.1) is 0 Å². The summed E-state index contributed by atoms with van der Waals surface area (Å²) in [6.45, 7) is 53.2. The standard InChI is InChI=1S/C12H24O2.C10H18F2.C8H18.C6H13NO2S.2C5H12.C4H8F2.4CH4.2CH3.B.W/c1-11(2,3)13-9-7-8-10(9)14-12(4,5)6;1-8(2)6-5-7-10(11,12)9(3)4;1-7(2,3)8(4,5)6;1-5(2)7-10(8,9)6-3-4-6;2*1-4-5(2)3;1-3(2)4(5)6;;;;;;;;/h9-10H,7-8H2,1-6H3;5,7-9H,6H2,1-4H3;1-6H3;5-7H,3-4H2,1-2H3;2*5H,4H2,1-3H3;3-4H,1-2H3;4*1H4;2*1H3;;/q;;;;;;;;;;;2*-1;;+2/b;7-5+;;;;;;;;;;;;;/t9-,10-;;;;;;;;;;;;;;/m1............../s1. The van der Waals surface area contributed by atoms with Gasteiger partial charge in [-0.05, 0) is 122 Å². The largest absolute Gasteiger partial charge is 2.00 e. The van der Waals surface area contributed by atoms with Crippen molar-refractivity contribution >= 4 is 18.4 Å². The Morgan fingerprint density at radius 2 is 0.853 bits per heavy atom. The molecule has 0 unspecified atom stereocenters. The van der Waals surface area contributed by atoms with Crippen molar-refractivity contribution in [2.45, 2.75) is 302 Å². The van der Waals surface area contributed by atoms with Crippen LogP contribution in [-0.2, 0) is 40.6 Å². The third-order valence-corrected chi connectivity index (χ3v) is 11.8. The minimum Gasteiger partial charge on any atom is -0.370 e. The van der Waals surface area contributed by atoms with Crippen molar-refractivity contribution in [1.29, 1.82) is 0 Å². The maximum Gasteiger partial charge on any atom is 2.00 e. The Morgan fingerprint density at radius 1 is 0.588 bits per heavy atom. The molecule has 0 aliphatic heterocycles. The minimum absolute atomic E-state index is 0. The molecule has 1 N–H and O–H groups in total. The second-order valence-electron chi connectivity index (χ2n) is 22.7. The van der Waals surface area contributed by atoms with E-state index in [0.717, 1.165) is 50.0 Å². The molecule has 2 atom stereocenters. The van der Waals surface area contributed by atoms with Crippen molar-refractivity contribution in [2.75, 3.05) is 0 Å². The first kappa shape index (κ1) is 101. The van der Waals surface area contributed by atoms with Crippen LogP contribution in [0.1, 0.15) is 255 Å². The molecule has 2 fully saturated rings. The van der Waals surface area contributed by atoms with Gasteiger partial charge in [-0.25, -0.2) is 30.7 Å². The molecule has 423 valence electrons. The van der Waals surface area contributed by atoms with Crippen molar-refractivity contribution in [3.63, 3.8) is 0 Å². The predicted molar refractivity (Wildman–Crippen MR) is 303 cm³/mol. The van der Waals surface area contributed by atoms with E-state index in [9.17, 15) is 26.0 Å². The Labute approximate surface area is 446 Å². The van der Waals surface area contributed by atoms with Crippen LogP contribution in [0.4, 0.5) is 17.6 Å². The number of halogens is 4. The molecule has 0 spiro atoms. The van der Waals surface area contributed by atoms with E-state index in [2.05, 4.69) is 129 Å². The van der Waals surface area contributed by atoms with Crippen LogP contribution in [0.2, 0.25) is 0 Å². The number of allylic oxidation sites excluding steroid dienone is 2. The molecular formula is C56H127BF4NO4SW. The van der Waals surface area contributed by atoms with Crippen LogP contribution in [0, 0.1) is 55.3 Å². The van der Waals surface area contributed by atoms with Crippen LogP contribution in [0.3, 0.4) is 0 Å². The van der Waals surface area contributed by atoms with Gasteiger partial charge in [0.1, 0.15) is 0 Å². The van der Waals surface area contributed by atoms with E-state index in [1.807, 2.05) is 27.7 Å². The zero-order valence-corrected chi connectivity index (χ0v) is 51.2. The first-order chi connectivity index (χ1) is 26.5. The van der Waals surface area contributed by atoms with E-state index in [1.54, 1.807) is 6.08 Å². The molecule has 5 nitrogen and oxygen atoms in total. The summed E-state index contributed by atoms with van der Waals surface area (Å²) in [5.41, 5.74) is 0.773. The minimum atomic E-state index is -2.94. The third-order valence-electron chi connectivity index (χ3n) is 9.63. The Balaban J connectivity index is -0.0000000476. The Morgan fingerprint density at radius 3 is 0.985 bits per heavy atom. The quantitative estimate of drug-likeness (QED) is 0.0915. The Bertz CT molecular complexity index is 1100. The van der Waals surface area contributed by atoms with E-state index >= 15 is 0 Å². The van der Waals surface area contributed by atoms with Gasteiger partial charge in [0.25, 0.3) is 5.92 Å². The van der Waals surface area contributed by atoms with Gasteiger partial charge in [-0.3, -0.25) is 0 Å². The number of hydrogen-bond donors (Lipinski definition) is 1. The predicted octanol–water partition coefficient (Wildman–Crippen LogP) is 19.7. The molecule has 68 heavy (non-hydrogen) atoms. The fourth-order valence-corrected chi connectivity index (χ4v) is 4.72. The van der Waals surface area contributed by atoms with Gasteiger partial charge in [0.15, 0.2) is 0 Å². The molecule has 0 saturated heterocycles. The molecule has 2 aliphatic carbocycles. The molecule has 3 radical (unpaired) electrons. The van der Waals surface area contributed by atoms with Crippen LogP contribution in [0.5, 0.6) is 0 Å². The Hall–Kier alpha value is 0.0432. The first-order valence-electron chi connectivity index (χ1n) is 23.2. The number of hydrogen-bond acceptors (Lipinski definition) is 4. The van der Waals surface area contributed by atoms with Crippen LogP contribution in [-0.4, -0.2) is 63.9 Å². The van der Waals surface area contributed by atoms with Gasteiger partial charge >= 0.3 is 21.1 Å². The number of nitrogens with one attached hydrogen (secondary N) is 1.